The van der Waals surface area contributed by atoms with Crippen molar-refractivity contribution in [2.75, 3.05) is 6.61 Å². The molecule has 0 aromatic rings. The second-order valence-electron chi connectivity index (χ2n) is 2.65. The van der Waals surface area contributed by atoms with Gasteiger partial charge in [0.25, 0.3) is 5.91 Å². The van der Waals surface area contributed by atoms with Gasteiger partial charge in [0.05, 0.1) is 12.5 Å². The van der Waals surface area contributed by atoms with Crippen molar-refractivity contribution < 1.29 is 27.6 Å². The molecule has 0 aliphatic heterocycles. The summed E-state index contributed by atoms with van der Waals surface area (Å²) in [5.41, 5.74) is 11.3. The number of primary amides is 1. The van der Waals surface area contributed by atoms with Crippen LogP contribution in [0.15, 0.2) is 0 Å². The van der Waals surface area contributed by atoms with Gasteiger partial charge in [-0.1, -0.05) is 0 Å². The minimum atomic E-state index is -4.55. The van der Waals surface area contributed by atoms with Crippen LogP contribution < -0.4 is 16.9 Å². The largest absolute Gasteiger partial charge is 0.414 e. The number of hydroxylamine groups is 1. The van der Waals surface area contributed by atoms with E-state index in [1.807, 2.05) is 0 Å². The van der Waals surface area contributed by atoms with E-state index >= 15 is 0 Å². The maximum atomic E-state index is 11.5. The highest BCUT2D eigenvalue weighted by Gasteiger charge is 2.28. The van der Waals surface area contributed by atoms with E-state index in [4.69, 9.17) is 11.5 Å². The normalized spacial score (nSPS) is 13.3. The Balaban J connectivity index is 3.79. The number of halogens is 3. The van der Waals surface area contributed by atoms with Crippen LogP contribution in [0.5, 0.6) is 0 Å². The van der Waals surface area contributed by atoms with Crippen LogP contribution in [0.25, 0.3) is 0 Å². The van der Waals surface area contributed by atoms with Crippen LogP contribution in [0, 0.1) is 0 Å². The predicted octanol–water partition coefficient (Wildman–Crippen LogP) is -1.20. The first-order chi connectivity index (χ1) is 6.72. The summed E-state index contributed by atoms with van der Waals surface area (Å²) in [5, 5.41) is 0. The van der Waals surface area contributed by atoms with Gasteiger partial charge in [-0.05, 0) is 0 Å². The number of amides is 2. The van der Waals surface area contributed by atoms with Crippen molar-refractivity contribution in [1.29, 1.82) is 0 Å². The Morgan fingerprint density at radius 3 is 2.33 bits per heavy atom. The quantitative estimate of drug-likeness (QED) is 0.514. The molecule has 0 bridgehead atoms. The van der Waals surface area contributed by atoms with E-state index in [0.717, 1.165) is 0 Å². The smallest absolute Gasteiger partial charge is 0.370 e. The van der Waals surface area contributed by atoms with Crippen LogP contribution in [0.3, 0.4) is 0 Å². The van der Waals surface area contributed by atoms with Gasteiger partial charge >= 0.3 is 6.18 Å². The van der Waals surface area contributed by atoms with Gasteiger partial charge in [-0.3, -0.25) is 14.4 Å². The Morgan fingerprint density at radius 2 is 1.93 bits per heavy atom. The van der Waals surface area contributed by atoms with E-state index in [0.29, 0.717) is 0 Å². The predicted molar refractivity (Wildman–Crippen MR) is 41.9 cm³/mol. The van der Waals surface area contributed by atoms with E-state index < -0.39 is 37.1 Å². The monoisotopic (exact) mass is 229 g/mol. The molecular weight excluding hydrogens is 219 g/mol. The second-order valence-corrected chi connectivity index (χ2v) is 2.65. The standard InChI is InChI=1S/C6H10F3N3O3/c7-6(8,9)2-15-12-5(14)3(10)1-4(11)13/h3H,1-2,10H2,(H2,11,13)(H,12,14). The number of hydrogen-bond acceptors (Lipinski definition) is 4. The summed E-state index contributed by atoms with van der Waals surface area (Å²) in [5.74, 6) is -1.88. The average Bonchev–Trinajstić information content (AvgIpc) is 2.00. The zero-order valence-electron chi connectivity index (χ0n) is 7.50. The molecule has 88 valence electrons. The zero-order valence-corrected chi connectivity index (χ0v) is 7.50. The second kappa shape index (κ2) is 5.51. The van der Waals surface area contributed by atoms with Crippen LogP contribution in [0.2, 0.25) is 0 Å². The van der Waals surface area contributed by atoms with Crippen molar-refractivity contribution in [2.24, 2.45) is 11.5 Å². The van der Waals surface area contributed by atoms with Gasteiger partial charge in [-0.25, -0.2) is 5.48 Å². The summed E-state index contributed by atoms with van der Waals surface area (Å²) in [6.45, 7) is -1.64. The molecule has 15 heavy (non-hydrogen) atoms. The highest BCUT2D eigenvalue weighted by molar-refractivity contribution is 5.86. The molecule has 0 aliphatic rings. The molecule has 9 heteroatoms. The molecule has 0 radical (unpaired) electrons. The summed E-state index contributed by atoms with van der Waals surface area (Å²) >= 11 is 0. The van der Waals surface area contributed by atoms with Crippen LogP contribution in [0.1, 0.15) is 6.42 Å². The molecule has 1 unspecified atom stereocenters. The van der Waals surface area contributed by atoms with Crippen molar-refractivity contribution >= 4 is 11.8 Å². The molecular formula is C6H10F3N3O3. The van der Waals surface area contributed by atoms with Crippen LogP contribution in [-0.4, -0.2) is 30.6 Å². The lowest BCUT2D eigenvalue weighted by Crippen LogP contribution is -2.43. The molecule has 6 nitrogen and oxygen atoms in total. The first-order valence-electron chi connectivity index (χ1n) is 3.74. The molecule has 0 rings (SSSR count). The summed E-state index contributed by atoms with van der Waals surface area (Å²) in [7, 11) is 0. The highest BCUT2D eigenvalue weighted by Crippen LogP contribution is 2.13. The maximum Gasteiger partial charge on any atom is 0.414 e. The fourth-order valence-electron chi connectivity index (χ4n) is 0.574. The molecule has 0 spiro atoms. The minimum absolute atomic E-state index is 0.471. The van der Waals surface area contributed by atoms with Crippen molar-refractivity contribution in [1.82, 2.24) is 5.48 Å². The van der Waals surface area contributed by atoms with E-state index in [-0.39, 0.29) is 0 Å². The summed E-state index contributed by atoms with van der Waals surface area (Å²) in [6, 6.07) is -1.32. The Hall–Kier alpha value is -1.35. The van der Waals surface area contributed by atoms with Crippen LogP contribution in [0.4, 0.5) is 13.2 Å². The molecule has 0 heterocycles. The van der Waals surface area contributed by atoms with E-state index in [2.05, 4.69) is 4.84 Å². The number of alkyl halides is 3. The first-order valence-corrected chi connectivity index (χ1v) is 3.74. The van der Waals surface area contributed by atoms with Crippen molar-refractivity contribution in [3.8, 4) is 0 Å². The summed E-state index contributed by atoms with van der Waals surface area (Å²) in [4.78, 5) is 24.9. The Morgan fingerprint density at radius 1 is 1.40 bits per heavy atom. The van der Waals surface area contributed by atoms with Crippen molar-refractivity contribution in [2.45, 2.75) is 18.6 Å². The molecule has 0 fully saturated rings. The van der Waals surface area contributed by atoms with Gasteiger partial charge in [0.15, 0.2) is 6.61 Å². The number of nitrogens with one attached hydrogen (secondary N) is 1. The first kappa shape index (κ1) is 13.7. The zero-order chi connectivity index (χ0) is 12.1. The van der Waals surface area contributed by atoms with E-state index in [9.17, 15) is 22.8 Å². The molecule has 5 N–H and O–H groups in total. The molecule has 0 aliphatic carbocycles. The Labute approximate surface area is 82.7 Å². The molecule has 0 aromatic heterocycles. The van der Waals surface area contributed by atoms with Gasteiger partial charge in [0.1, 0.15) is 0 Å². The molecule has 0 saturated heterocycles. The lowest BCUT2D eigenvalue weighted by Gasteiger charge is -2.11. The van der Waals surface area contributed by atoms with Crippen LogP contribution >= 0.6 is 0 Å². The number of hydrogen-bond donors (Lipinski definition) is 3. The van der Waals surface area contributed by atoms with Crippen molar-refractivity contribution in [3.05, 3.63) is 0 Å². The number of carbonyl (C=O) groups is 2. The number of nitrogens with two attached hydrogens (primary N) is 2. The van der Waals surface area contributed by atoms with Gasteiger partial charge in [-0.15, -0.1) is 0 Å². The molecule has 0 aromatic carbocycles. The van der Waals surface area contributed by atoms with E-state index in [1.54, 1.807) is 0 Å². The third-order valence-electron chi connectivity index (χ3n) is 1.17. The Bertz CT molecular complexity index is 244. The topological polar surface area (TPSA) is 107 Å². The summed E-state index contributed by atoms with van der Waals surface area (Å²) < 4.78 is 34.6. The average molecular weight is 229 g/mol. The Kier molecular flexibility index (Phi) is 5.02. The summed E-state index contributed by atoms with van der Waals surface area (Å²) in [6.07, 6.45) is -5.03. The molecule has 1 atom stereocenters. The molecule has 0 saturated carbocycles. The third kappa shape index (κ3) is 7.70. The SMILES string of the molecule is NC(=O)CC(N)C(=O)NOCC(F)(F)F. The van der Waals surface area contributed by atoms with Crippen molar-refractivity contribution in [3.63, 3.8) is 0 Å². The third-order valence-corrected chi connectivity index (χ3v) is 1.17. The number of rotatable bonds is 5. The minimum Gasteiger partial charge on any atom is -0.370 e. The number of carbonyl (C=O) groups excluding carboxylic acids is 2. The fraction of sp³-hybridized carbons (Fsp3) is 0.667. The van der Waals surface area contributed by atoms with Gasteiger partial charge in [0, 0.05) is 0 Å². The van der Waals surface area contributed by atoms with Crippen LogP contribution in [-0.2, 0) is 14.4 Å². The van der Waals surface area contributed by atoms with Gasteiger partial charge in [0.2, 0.25) is 5.91 Å². The van der Waals surface area contributed by atoms with Gasteiger partial charge < -0.3 is 11.5 Å². The lowest BCUT2D eigenvalue weighted by molar-refractivity contribution is -0.192. The maximum absolute atomic E-state index is 11.5. The highest BCUT2D eigenvalue weighted by atomic mass is 19.4. The fourth-order valence-corrected chi connectivity index (χ4v) is 0.574. The van der Waals surface area contributed by atoms with Gasteiger partial charge in [-0.2, -0.15) is 13.2 Å². The molecule has 2 amide bonds. The van der Waals surface area contributed by atoms with E-state index in [1.165, 1.54) is 5.48 Å². The lowest BCUT2D eigenvalue weighted by atomic mass is 10.2.